The molecular formula is C11H13BrClN3O. The molecule has 0 unspecified atom stereocenters. The molecule has 0 bridgehead atoms. The van der Waals surface area contributed by atoms with Gasteiger partial charge in [-0.3, -0.25) is 4.79 Å². The van der Waals surface area contributed by atoms with Crippen molar-refractivity contribution in [3.8, 4) is 0 Å². The van der Waals surface area contributed by atoms with Gasteiger partial charge in [0.15, 0.2) is 0 Å². The van der Waals surface area contributed by atoms with Crippen LogP contribution in [0.2, 0.25) is 5.15 Å². The first kappa shape index (κ1) is 12.8. The molecule has 0 atom stereocenters. The number of hydrogen-bond donors (Lipinski definition) is 2. The fourth-order valence-corrected chi connectivity index (χ4v) is 2.33. The number of amides is 1. The van der Waals surface area contributed by atoms with Crippen molar-refractivity contribution in [2.24, 2.45) is 11.1 Å². The van der Waals surface area contributed by atoms with Crippen LogP contribution in [0.3, 0.4) is 0 Å². The van der Waals surface area contributed by atoms with Crippen molar-refractivity contribution in [3.05, 3.63) is 21.9 Å². The molecule has 0 aromatic carbocycles. The summed E-state index contributed by atoms with van der Waals surface area (Å²) in [5, 5.41) is 3.21. The normalized spacial score (nSPS) is 17.4. The molecule has 0 aliphatic heterocycles. The molecule has 1 fully saturated rings. The standard InChI is InChI=1S/C11H13BrClN3O/c12-8-4-7(5-15-9(8)13)16-10(17)11(6-14)2-1-3-11/h4-5H,1-3,6,14H2,(H,16,17). The molecule has 1 heterocycles. The van der Waals surface area contributed by atoms with E-state index in [1.165, 1.54) is 6.20 Å². The van der Waals surface area contributed by atoms with Crippen molar-refractivity contribution in [2.75, 3.05) is 11.9 Å². The molecule has 6 heteroatoms. The van der Waals surface area contributed by atoms with Crippen LogP contribution in [0.4, 0.5) is 5.69 Å². The zero-order valence-electron chi connectivity index (χ0n) is 9.17. The Balaban J connectivity index is 2.10. The molecule has 0 radical (unpaired) electrons. The van der Waals surface area contributed by atoms with Crippen molar-refractivity contribution >= 4 is 39.1 Å². The first-order valence-corrected chi connectivity index (χ1v) is 6.57. The van der Waals surface area contributed by atoms with Crippen LogP contribution >= 0.6 is 27.5 Å². The maximum atomic E-state index is 12.1. The highest BCUT2D eigenvalue weighted by Gasteiger charge is 2.42. The second kappa shape index (κ2) is 4.92. The predicted molar refractivity (Wildman–Crippen MR) is 70.9 cm³/mol. The van der Waals surface area contributed by atoms with E-state index in [1.54, 1.807) is 6.07 Å². The molecular weight excluding hydrogens is 305 g/mol. The van der Waals surface area contributed by atoms with E-state index in [1.807, 2.05) is 0 Å². The average Bonchev–Trinajstić information content (AvgIpc) is 2.23. The van der Waals surface area contributed by atoms with E-state index in [0.29, 0.717) is 21.9 Å². The molecule has 17 heavy (non-hydrogen) atoms. The lowest BCUT2D eigenvalue weighted by molar-refractivity contribution is -0.129. The number of pyridine rings is 1. The summed E-state index contributed by atoms with van der Waals surface area (Å²) < 4.78 is 0.660. The number of carbonyl (C=O) groups is 1. The molecule has 4 nitrogen and oxygen atoms in total. The number of nitrogens with zero attached hydrogens (tertiary/aromatic N) is 1. The molecule has 2 rings (SSSR count). The first-order chi connectivity index (χ1) is 8.07. The van der Waals surface area contributed by atoms with Gasteiger partial charge in [0, 0.05) is 6.54 Å². The quantitative estimate of drug-likeness (QED) is 0.842. The van der Waals surface area contributed by atoms with E-state index in [0.717, 1.165) is 19.3 Å². The van der Waals surface area contributed by atoms with Crippen LogP contribution in [0, 0.1) is 5.41 Å². The summed E-state index contributed by atoms with van der Waals surface area (Å²) in [4.78, 5) is 16.0. The lowest BCUT2D eigenvalue weighted by Gasteiger charge is -2.39. The lowest BCUT2D eigenvalue weighted by Crippen LogP contribution is -2.47. The zero-order chi connectivity index (χ0) is 12.5. The Labute approximate surface area is 113 Å². The van der Waals surface area contributed by atoms with Crippen molar-refractivity contribution in [2.45, 2.75) is 19.3 Å². The highest BCUT2D eigenvalue weighted by molar-refractivity contribution is 9.10. The van der Waals surface area contributed by atoms with Gasteiger partial charge in [0.2, 0.25) is 5.91 Å². The molecule has 1 aromatic heterocycles. The summed E-state index contributed by atoms with van der Waals surface area (Å²) in [6, 6.07) is 1.73. The van der Waals surface area contributed by atoms with Crippen LogP contribution in [0.15, 0.2) is 16.7 Å². The van der Waals surface area contributed by atoms with Crippen LogP contribution < -0.4 is 11.1 Å². The van der Waals surface area contributed by atoms with Crippen LogP contribution in [-0.4, -0.2) is 17.4 Å². The van der Waals surface area contributed by atoms with Gasteiger partial charge in [-0.2, -0.15) is 0 Å². The summed E-state index contributed by atoms with van der Waals surface area (Å²) in [5.41, 5.74) is 5.92. The van der Waals surface area contributed by atoms with Crippen molar-refractivity contribution < 1.29 is 4.79 Å². The number of carbonyl (C=O) groups excluding carboxylic acids is 1. The summed E-state index contributed by atoms with van der Waals surface area (Å²) in [5.74, 6) is -0.0257. The Morgan fingerprint density at radius 1 is 1.65 bits per heavy atom. The monoisotopic (exact) mass is 317 g/mol. The molecule has 0 saturated heterocycles. The third kappa shape index (κ3) is 2.46. The van der Waals surface area contributed by atoms with E-state index in [9.17, 15) is 4.79 Å². The van der Waals surface area contributed by atoms with E-state index < -0.39 is 0 Å². The van der Waals surface area contributed by atoms with Crippen molar-refractivity contribution in [1.29, 1.82) is 0 Å². The second-order valence-electron chi connectivity index (χ2n) is 4.29. The minimum absolute atomic E-state index is 0.0257. The minimum atomic E-state index is -0.383. The van der Waals surface area contributed by atoms with Crippen molar-refractivity contribution in [3.63, 3.8) is 0 Å². The van der Waals surface area contributed by atoms with E-state index in [4.69, 9.17) is 17.3 Å². The smallest absolute Gasteiger partial charge is 0.231 e. The van der Waals surface area contributed by atoms with E-state index in [2.05, 4.69) is 26.2 Å². The number of nitrogens with one attached hydrogen (secondary N) is 1. The highest BCUT2D eigenvalue weighted by atomic mass is 79.9. The van der Waals surface area contributed by atoms with Gasteiger partial charge in [-0.25, -0.2) is 4.98 Å². The van der Waals surface area contributed by atoms with Gasteiger partial charge in [0.25, 0.3) is 0 Å². The Kier molecular flexibility index (Phi) is 3.70. The molecule has 3 N–H and O–H groups in total. The number of anilines is 1. The lowest BCUT2D eigenvalue weighted by atomic mass is 9.68. The van der Waals surface area contributed by atoms with Gasteiger partial charge < -0.3 is 11.1 Å². The molecule has 1 aromatic rings. The third-order valence-corrected chi connectivity index (χ3v) is 4.37. The molecule has 1 aliphatic rings. The number of aromatic nitrogens is 1. The molecule has 1 aliphatic carbocycles. The maximum absolute atomic E-state index is 12.1. The zero-order valence-corrected chi connectivity index (χ0v) is 11.5. The topological polar surface area (TPSA) is 68.0 Å². The molecule has 1 amide bonds. The average molecular weight is 319 g/mol. The summed E-state index contributed by atoms with van der Waals surface area (Å²) in [6.07, 6.45) is 4.32. The van der Waals surface area contributed by atoms with Gasteiger partial charge in [-0.05, 0) is 34.8 Å². The maximum Gasteiger partial charge on any atom is 0.231 e. The minimum Gasteiger partial charge on any atom is -0.329 e. The largest absolute Gasteiger partial charge is 0.329 e. The number of nitrogens with two attached hydrogens (primary N) is 1. The van der Waals surface area contributed by atoms with Crippen LogP contribution in [0.1, 0.15) is 19.3 Å². The van der Waals surface area contributed by atoms with Gasteiger partial charge in [0.05, 0.1) is 21.8 Å². The number of hydrogen-bond acceptors (Lipinski definition) is 3. The van der Waals surface area contributed by atoms with E-state index >= 15 is 0 Å². The molecule has 0 spiro atoms. The van der Waals surface area contributed by atoms with Gasteiger partial charge in [-0.15, -0.1) is 0 Å². The fourth-order valence-electron chi connectivity index (χ4n) is 1.88. The van der Waals surface area contributed by atoms with Crippen LogP contribution in [0.25, 0.3) is 0 Å². The summed E-state index contributed by atoms with van der Waals surface area (Å²) in [6.45, 7) is 0.390. The highest BCUT2D eigenvalue weighted by Crippen LogP contribution is 2.40. The van der Waals surface area contributed by atoms with Gasteiger partial charge in [-0.1, -0.05) is 18.0 Å². The van der Waals surface area contributed by atoms with Crippen LogP contribution in [-0.2, 0) is 4.79 Å². The Hall–Kier alpha value is -0.650. The third-order valence-electron chi connectivity index (χ3n) is 3.24. The Bertz CT molecular complexity index is 443. The Morgan fingerprint density at radius 3 is 2.82 bits per heavy atom. The number of halogens is 2. The summed E-state index contributed by atoms with van der Waals surface area (Å²) >= 11 is 9.05. The number of rotatable bonds is 3. The fraction of sp³-hybridized carbons (Fsp3) is 0.455. The van der Waals surface area contributed by atoms with Crippen LogP contribution in [0.5, 0.6) is 0 Å². The van der Waals surface area contributed by atoms with Gasteiger partial charge in [0.1, 0.15) is 5.15 Å². The SMILES string of the molecule is NCC1(C(=O)Nc2cnc(Cl)c(Br)c2)CCC1. The second-order valence-corrected chi connectivity index (χ2v) is 5.50. The summed E-state index contributed by atoms with van der Waals surface area (Å²) in [7, 11) is 0. The van der Waals surface area contributed by atoms with E-state index in [-0.39, 0.29) is 11.3 Å². The first-order valence-electron chi connectivity index (χ1n) is 5.40. The van der Waals surface area contributed by atoms with Crippen molar-refractivity contribution in [1.82, 2.24) is 4.98 Å². The predicted octanol–water partition coefficient (Wildman–Crippen LogP) is 2.57. The molecule has 92 valence electrons. The Morgan fingerprint density at radius 2 is 2.35 bits per heavy atom. The molecule has 1 saturated carbocycles. The van der Waals surface area contributed by atoms with Gasteiger partial charge >= 0.3 is 0 Å².